The standard InChI is InChI=1S/C14H16N2O4S/c1-7-9(13(17)19-3)11(12-15-5-6-21-12)10(8(2)16-7)14(18)20-4/h5-6,9,11H,1-4H3. The van der Waals surface area contributed by atoms with Gasteiger partial charge in [0.25, 0.3) is 0 Å². The van der Waals surface area contributed by atoms with E-state index in [1.807, 2.05) is 0 Å². The minimum atomic E-state index is -0.668. The van der Waals surface area contributed by atoms with Gasteiger partial charge in [0.05, 0.1) is 25.7 Å². The van der Waals surface area contributed by atoms with Crippen molar-refractivity contribution in [1.82, 2.24) is 4.98 Å². The molecule has 6 nitrogen and oxygen atoms in total. The van der Waals surface area contributed by atoms with Crippen LogP contribution in [-0.2, 0) is 19.1 Å². The number of hydrogen-bond donors (Lipinski definition) is 0. The number of thiazole rings is 1. The Hall–Kier alpha value is -2.02. The van der Waals surface area contributed by atoms with Crippen LogP contribution >= 0.6 is 11.3 Å². The molecule has 0 N–H and O–H groups in total. The molecular weight excluding hydrogens is 292 g/mol. The molecule has 0 aromatic carbocycles. The second-order valence-electron chi connectivity index (χ2n) is 4.59. The van der Waals surface area contributed by atoms with Gasteiger partial charge in [-0.2, -0.15) is 0 Å². The predicted molar refractivity (Wildman–Crippen MR) is 78.2 cm³/mol. The molecule has 1 aromatic rings. The lowest BCUT2D eigenvalue weighted by Gasteiger charge is -2.29. The van der Waals surface area contributed by atoms with Crippen molar-refractivity contribution in [2.24, 2.45) is 10.9 Å². The van der Waals surface area contributed by atoms with Crippen LogP contribution in [-0.4, -0.2) is 36.9 Å². The van der Waals surface area contributed by atoms with E-state index >= 15 is 0 Å². The number of aromatic nitrogens is 1. The lowest BCUT2D eigenvalue weighted by molar-refractivity contribution is -0.143. The fourth-order valence-corrected chi connectivity index (χ4v) is 3.28. The van der Waals surface area contributed by atoms with Gasteiger partial charge >= 0.3 is 11.9 Å². The number of esters is 2. The summed E-state index contributed by atoms with van der Waals surface area (Å²) in [5.41, 5.74) is 1.50. The van der Waals surface area contributed by atoms with Gasteiger partial charge in [-0.1, -0.05) is 0 Å². The lowest BCUT2D eigenvalue weighted by Crippen LogP contribution is -2.36. The van der Waals surface area contributed by atoms with Crippen molar-refractivity contribution in [1.29, 1.82) is 0 Å². The van der Waals surface area contributed by atoms with Crippen molar-refractivity contribution in [3.63, 3.8) is 0 Å². The number of hydrogen-bond acceptors (Lipinski definition) is 7. The Balaban J connectivity index is 2.61. The van der Waals surface area contributed by atoms with Gasteiger partial charge in [-0.3, -0.25) is 9.79 Å². The van der Waals surface area contributed by atoms with Gasteiger partial charge in [0.15, 0.2) is 0 Å². The van der Waals surface area contributed by atoms with Crippen LogP contribution in [0.15, 0.2) is 27.8 Å². The highest BCUT2D eigenvalue weighted by Gasteiger charge is 2.43. The Morgan fingerprint density at radius 1 is 1.24 bits per heavy atom. The van der Waals surface area contributed by atoms with Crippen molar-refractivity contribution in [2.45, 2.75) is 19.8 Å². The first-order valence-electron chi connectivity index (χ1n) is 6.32. The van der Waals surface area contributed by atoms with Gasteiger partial charge in [0.1, 0.15) is 10.9 Å². The molecule has 0 saturated carbocycles. The molecule has 112 valence electrons. The van der Waals surface area contributed by atoms with E-state index in [1.54, 1.807) is 25.4 Å². The molecule has 0 saturated heterocycles. The predicted octanol–water partition coefficient (Wildman–Crippen LogP) is 1.94. The van der Waals surface area contributed by atoms with Crippen molar-refractivity contribution in [2.75, 3.05) is 14.2 Å². The summed E-state index contributed by atoms with van der Waals surface area (Å²) in [7, 11) is 2.62. The van der Waals surface area contributed by atoms with Gasteiger partial charge in [0.2, 0.25) is 0 Å². The maximum Gasteiger partial charge on any atom is 0.336 e. The quantitative estimate of drug-likeness (QED) is 0.797. The molecule has 0 aliphatic carbocycles. The molecule has 1 aliphatic rings. The van der Waals surface area contributed by atoms with Crippen molar-refractivity contribution >= 4 is 29.0 Å². The zero-order valence-corrected chi connectivity index (χ0v) is 13.1. The van der Waals surface area contributed by atoms with Crippen LogP contribution in [0, 0.1) is 5.92 Å². The van der Waals surface area contributed by atoms with E-state index in [2.05, 4.69) is 9.98 Å². The zero-order valence-electron chi connectivity index (χ0n) is 12.2. The second-order valence-corrected chi connectivity index (χ2v) is 5.52. The van der Waals surface area contributed by atoms with Crippen molar-refractivity contribution in [3.05, 3.63) is 27.9 Å². The van der Waals surface area contributed by atoms with Gasteiger partial charge in [-0.15, -0.1) is 11.3 Å². The molecule has 0 bridgehead atoms. The Morgan fingerprint density at radius 3 is 2.48 bits per heavy atom. The molecular formula is C14H16N2O4S. The largest absolute Gasteiger partial charge is 0.468 e. The van der Waals surface area contributed by atoms with Gasteiger partial charge in [-0.25, -0.2) is 9.78 Å². The first-order chi connectivity index (χ1) is 10.0. The number of ether oxygens (including phenoxy) is 2. The third-order valence-electron chi connectivity index (χ3n) is 3.41. The molecule has 1 aromatic heterocycles. The Bertz CT molecular complexity index is 619. The summed E-state index contributed by atoms with van der Waals surface area (Å²) in [6, 6.07) is 0. The molecule has 2 heterocycles. The molecule has 0 radical (unpaired) electrons. The third-order valence-corrected chi connectivity index (χ3v) is 4.26. The third kappa shape index (κ3) is 2.73. The molecule has 2 unspecified atom stereocenters. The number of carbonyl (C=O) groups is 2. The van der Waals surface area contributed by atoms with Crippen LogP contribution in [0.3, 0.4) is 0 Å². The summed E-state index contributed by atoms with van der Waals surface area (Å²) >= 11 is 1.38. The highest BCUT2D eigenvalue weighted by atomic mass is 32.1. The first kappa shape index (κ1) is 15.4. The summed E-state index contributed by atoms with van der Waals surface area (Å²) in [5, 5.41) is 2.47. The minimum absolute atomic E-state index is 0.355. The van der Waals surface area contributed by atoms with Crippen molar-refractivity contribution < 1.29 is 19.1 Å². The Labute approximate surface area is 126 Å². The molecule has 21 heavy (non-hydrogen) atoms. The van der Waals surface area contributed by atoms with Gasteiger partial charge in [-0.05, 0) is 13.8 Å². The molecule has 0 amide bonds. The average Bonchev–Trinajstić information content (AvgIpc) is 2.99. The zero-order chi connectivity index (χ0) is 15.6. The van der Waals surface area contributed by atoms with Crippen LogP contribution in [0.1, 0.15) is 24.8 Å². The van der Waals surface area contributed by atoms with E-state index in [-0.39, 0.29) is 0 Å². The van der Waals surface area contributed by atoms with E-state index in [9.17, 15) is 9.59 Å². The van der Waals surface area contributed by atoms with E-state index in [0.29, 0.717) is 22.0 Å². The average molecular weight is 308 g/mol. The number of rotatable bonds is 3. The molecule has 7 heteroatoms. The fraction of sp³-hybridized carbons (Fsp3) is 0.429. The summed E-state index contributed by atoms with van der Waals surface area (Å²) in [6.07, 6.45) is 1.64. The summed E-state index contributed by atoms with van der Waals surface area (Å²) in [5.74, 6) is -2.13. The fourth-order valence-electron chi connectivity index (χ4n) is 2.50. The monoisotopic (exact) mass is 308 g/mol. The van der Waals surface area contributed by atoms with Gasteiger partial charge in [0, 0.05) is 23.0 Å². The maximum atomic E-state index is 12.1. The molecule has 0 spiro atoms. The summed E-state index contributed by atoms with van der Waals surface area (Å²) in [4.78, 5) is 32.8. The number of aliphatic imine (C=N–C) groups is 1. The second kappa shape index (κ2) is 6.17. The van der Waals surface area contributed by atoms with E-state index in [4.69, 9.17) is 9.47 Å². The SMILES string of the molecule is COC(=O)C1=C(C)N=C(C)C(C(=O)OC)C1c1nccs1. The van der Waals surface area contributed by atoms with Crippen molar-refractivity contribution in [3.8, 4) is 0 Å². The maximum absolute atomic E-state index is 12.1. The summed E-state index contributed by atoms with van der Waals surface area (Å²) in [6.45, 7) is 3.48. The molecule has 1 aliphatic heterocycles. The van der Waals surface area contributed by atoms with Crippen LogP contribution in [0.2, 0.25) is 0 Å². The highest BCUT2D eigenvalue weighted by molar-refractivity contribution is 7.09. The number of methoxy groups -OCH3 is 2. The highest BCUT2D eigenvalue weighted by Crippen LogP contribution is 2.40. The first-order valence-corrected chi connectivity index (χ1v) is 7.20. The number of carbonyl (C=O) groups excluding carboxylic acids is 2. The lowest BCUT2D eigenvalue weighted by atomic mass is 9.80. The molecule has 2 atom stereocenters. The minimum Gasteiger partial charge on any atom is -0.468 e. The van der Waals surface area contributed by atoms with Crippen LogP contribution in [0.4, 0.5) is 0 Å². The summed E-state index contributed by atoms with van der Waals surface area (Å²) < 4.78 is 9.71. The number of allylic oxidation sites excluding steroid dienone is 1. The topological polar surface area (TPSA) is 77.8 Å². The Morgan fingerprint density at radius 2 is 1.95 bits per heavy atom. The van der Waals surface area contributed by atoms with Crippen LogP contribution in [0.25, 0.3) is 0 Å². The molecule has 2 rings (SSSR count). The normalized spacial score (nSPS) is 21.8. The van der Waals surface area contributed by atoms with Gasteiger partial charge < -0.3 is 9.47 Å². The van der Waals surface area contributed by atoms with E-state index in [0.717, 1.165) is 0 Å². The van der Waals surface area contributed by atoms with Crippen LogP contribution in [0.5, 0.6) is 0 Å². The number of nitrogens with zero attached hydrogens (tertiary/aromatic N) is 2. The van der Waals surface area contributed by atoms with E-state index in [1.165, 1.54) is 25.6 Å². The van der Waals surface area contributed by atoms with E-state index < -0.39 is 23.8 Å². The van der Waals surface area contributed by atoms with Crippen LogP contribution < -0.4 is 0 Å². The molecule has 0 fully saturated rings. The smallest absolute Gasteiger partial charge is 0.336 e. The Kier molecular flexibility index (Phi) is 4.52.